The molecule has 7 heteroatoms. The molecule has 4 rings (SSSR count). The van der Waals surface area contributed by atoms with Crippen molar-refractivity contribution in [3.8, 4) is 17.3 Å². The van der Waals surface area contributed by atoms with Crippen LogP contribution in [0.1, 0.15) is 30.3 Å². The number of aromatic nitrogens is 1. The SMILES string of the molecule is CC1C(O)=C(c2nc(-c3ccc(C#N)cc3)cs2)C(=N)N1CC1CCCO1. The Morgan fingerprint density at radius 3 is 2.85 bits per heavy atom. The number of thiazole rings is 1. The van der Waals surface area contributed by atoms with Crippen LogP contribution in [0.15, 0.2) is 35.4 Å². The third kappa shape index (κ3) is 3.22. The molecule has 2 aromatic rings. The van der Waals surface area contributed by atoms with Crippen LogP contribution in [0.25, 0.3) is 16.8 Å². The average molecular weight is 380 g/mol. The van der Waals surface area contributed by atoms with Crippen molar-refractivity contribution in [2.45, 2.75) is 31.9 Å². The third-order valence-corrected chi connectivity index (χ3v) is 5.96. The summed E-state index contributed by atoms with van der Waals surface area (Å²) in [5.41, 5.74) is 2.79. The van der Waals surface area contributed by atoms with E-state index >= 15 is 0 Å². The molecule has 1 aromatic heterocycles. The van der Waals surface area contributed by atoms with Crippen molar-refractivity contribution in [3.05, 3.63) is 46.0 Å². The minimum atomic E-state index is -0.251. The number of ether oxygens (including phenoxy) is 1. The van der Waals surface area contributed by atoms with Crippen LogP contribution in [0, 0.1) is 16.7 Å². The van der Waals surface area contributed by atoms with Gasteiger partial charge in [0.15, 0.2) is 0 Å². The smallest absolute Gasteiger partial charge is 0.135 e. The van der Waals surface area contributed by atoms with Gasteiger partial charge in [-0.2, -0.15) is 5.26 Å². The van der Waals surface area contributed by atoms with Crippen LogP contribution in [-0.4, -0.2) is 46.1 Å². The van der Waals surface area contributed by atoms with Crippen LogP contribution in [-0.2, 0) is 4.74 Å². The van der Waals surface area contributed by atoms with Crippen molar-refractivity contribution < 1.29 is 9.84 Å². The largest absolute Gasteiger partial charge is 0.509 e. The van der Waals surface area contributed by atoms with E-state index in [9.17, 15) is 5.11 Å². The van der Waals surface area contributed by atoms with Gasteiger partial charge in [0.1, 0.15) is 16.6 Å². The zero-order chi connectivity index (χ0) is 19.0. The molecule has 6 nitrogen and oxygen atoms in total. The van der Waals surface area contributed by atoms with E-state index in [1.54, 1.807) is 12.1 Å². The molecule has 2 unspecified atom stereocenters. The van der Waals surface area contributed by atoms with E-state index in [0.29, 0.717) is 28.5 Å². The van der Waals surface area contributed by atoms with E-state index < -0.39 is 0 Å². The molecule has 0 saturated carbocycles. The van der Waals surface area contributed by atoms with E-state index in [0.717, 1.165) is 30.7 Å². The summed E-state index contributed by atoms with van der Waals surface area (Å²) >= 11 is 1.41. The maximum atomic E-state index is 10.7. The molecular weight excluding hydrogens is 360 g/mol. The second-order valence-electron chi connectivity index (χ2n) is 6.80. The first kappa shape index (κ1) is 17.7. The number of aliphatic hydroxyl groups excluding tert-OH is 1. The van der Waals surface area contributed by atoms with Gasteiger partial charge in [-0.15, -0.1) is 11.3 Å². The number of nitriles is 1. The quantitative estimate of drug-likeness (QED) is 0.841. The Labute approximate surface area is 161 Å². The van der Waals surface area contributed by atoms with Crippen molar-refractivity contribution in [2.24, 2.45) is 0 Å². The average Bonchev–Trinajstić information content (AvgIpc) is 3.41. The van der Waals surface area contributed by atoms with Gasteiger partial charge in [0.05, 0.1) is 35.0 Å². The van der Waals surface area contributed by atoms with Gasteiger partial charge in [-0.3, -0.25) is 5.41 Å². The number of hydrogen-bond donors (Lipinski definition) is 2. The first-order valence-corrected chi connectivity index (χ1v) is 9.83. The van der Waals surface area contributed by atoms with Gasteiger partial charge in [-0.25, -0.2) is 4.98 Å². The number of rotatable bonds is 4. The molecule has 2 atom stereocenters. The Bertz CT molecular complexity index is 936. The molecule has 3 heterocycles. The summed E-state index contributed by atoms with van der Waals surface area (Å²) < 4.78 is 5.69. The highest BCUT2D eigenvalue weighted by Gasteiger charge is 2.37. The molecule has 1 saturated heterocycles. The maximum absolute atomic E-state index is 10.7. The number of hydrogen-bond acceptors (Lipinski definition) is 6. The summed E-state index contributed by atoms with van der Waals surface area (Å²) in [5.74, 6) is 0.495. The zero-order valence-corrected chi connectivity index (χ0v) is 15.8. The molecule has 0 aliphatic carbocycles. The van der Waals surface area contributed by atoms with Crippen LogP contribution in [0.5, 0.6) is 0 Å². The van der Waals surface area contributed by atoms with Gasteiger partial charge in [-0.05, 0) is 31.9 Å². The Morgan fingerprint density at radius 2 is 2.19 bits per heavy atom. The number of nitrogens with zero attached hydrogens (tertiary/aromatic N) is 3. The summed E-state index contributed by atoms with van der Waals surface area (Å²) in [4.78, 5) is 6.53. The van der Waals surface area contributed by atoms with Crippen LogP contribution in [0.3, 0.4) is 0 Å². The summed E-state index contributed by atoms with van der Waals surface area (Å²) in [6, 6.07) is 9.09. The van der Waals surface area contributed by atoms with Gasteiger partial charge < -0.3 is 14.7 Å². The molecular formula is C20H20N4O2S. The lowest BCUT2D eigenvalue weighted by Crippen LogP contribution is -2.39. The van der Waals surface area contributed by atoms with Crippen molar-refractivity contribution >= 4 is 22.7 Å². The van der Waals surface area contributed by atoms with Crippen molar-refractivity contribution in [1.82, 2.24) is 9.88 Å². The van der Waals surface area contributed by atoms with Crippen LogP contribution < -0.4 is 0 Å². The van der Waals surface area contributed by atoms with Gasteiger partial charge in [-0.1, -0.05) is 12.1 Å². The van der Waals surface area contributed by atoms with Crippen molar-refractivity contribution in [1.29, 1.82) is 10.7 Å². The lowest BCUT2D eigenvalue weighted by molar-refractivity contribution is 0.0851. The predicted molar refractivity (Wildman–Crippen MR) is 105 cm³/mol. The Hall–Kier alpha value is -2.69. The molecule has 138 valence electrons. The molecule has 1 fully saturated rings. The fourth-order valence-corrected chi connectivity index (χ4v) is 4.40. The molecule has 2 aliphatic heterocycles. The van der Waals surface area contributed by atoms with Crippen molar-refractivity contribution in [2.75, 3.05) is 13.2 Å². The summed E-state index contributed by atoms with van der Waals surface area (Å²) in [5, 5.41) is 30.7. The van der Waals surface area contributed by atoms with Crippen LogP contribution >= 0.6 is 11.3 Å². The van der Waals surface area contributed by atoms with E-state index in [1.165, 1.54) is 11.3 Å². The Morgan fingerprint density at radius 1 is 1.41 bits per heavy atom. The molecule has 1 aromatic carbocycles. The second kappa shape index (κ2) is 7.14. The van der Waals surface area contributed by atoms with E-state index in [2.05, 4.69) is 11.1 Å². The van der Waals surface area contributed by atoms with Crippen LogP contribution in [0.2, 0.25) is 0 Å². The Kier molecular flexibility index (Phi) is 4.68. The second-order valence-corrected chi connectivity index (χ2v) is 7.66. The summed E-state index contributed by atoms with van der Waals surface area (Å²) in [7, 11) is 0. The van der Waals surface area contributed by atoms with Crippen LogP contribution in [0.4, 0.5) is 0 Å². The van der Waals surface area contributed by atoms with Gasteiger partial charge >= 0.3 is 0 Å². The Balaban J connectivity index is 1.58. The lowest BCUT2D eigenvalue weighted by Gasteiger charge is -2.26. The minimum absolute atomic E-state index is 0.116. The monoisotopic (exact) mass is 380 g/mol. The highest BCUT2D eigenvalue weighted by molar-refractivity contribution is 7.11. The molecule has 0 bridgehead atoms. The highest BCUT2D eigenvalue weighted by Crippen LogP contribution is 2.35. The van der Waals surface area contributed by atoms with E-state index in [4.69, 9.17) is 15.4 Å². The molecule has 0 spiro atoms. The molecule has 2 aliphatic rings. The normalized spacial score (nSPS) is 22.5. The zero-order valence-electron chi connectivity index (χ0n) is 15.0. The predicted octanol–water partition coefficient (Wildman–Crippen LogP) is 3.81. The van der Waals surface area contributed by atoms with E-state index in [1.807, 2.05) is 29.3 Å². The molecule has 27 heavy (non-hydrogen) atoms. The van der Waals surface area contributed by atoms with Gasteiger partial charge in [0.25, 0.3) is 0 Å². The fourth-order valence-electron chi connectivity index (χ4n) is 3.52. The fraction of sp³-hybridized carbons (Fsp3) is 0.350. The summed E-state index contributed by atoms with van der Waals surface area (Å²) in [6.07, 6.45) is 2.16. The highest BCUT2D eigenvalue weighted by atomic mass is 32.1. The number of benzene rings is 1. The molecule has 0 amide bonds. The number of amidine groups is 1. The standard InChI is InChI=1S/C20H20N4O2S/c1-12-18(25)17(19(22)24(12)10-15-3-2-8-26-15)20-23-16(11-27-20)14-6-4-13(9-21)5-7-14/h4-7,11-12,15,22,25H,2-3,8,10H2,1H3. The van der Waals surface area contributed by atoms with Gasteiger partial charge in [0, 0.05) is 24.1 Å². The first-order valence-electron chi connectivity index (χ1n) is 8.95. The molecule has 2 N–H and O–H groups in total. The molecule has 0 radical (unpaired) electrons. The maximum Gasteiger partial charge on any atom is 0.135 e. The minimum Gasteiger partial charge on any atom is -0.509 e. The lowest BCUT2D eigenvalue weighted by atomic mass is 10.1. The topological polar surface area (TPSA) is 93.2 Å². The van der Waals surface area contributed by atoms with E-state index in [-0.39, 0.29) is 17.9 Å². The third-order valence-electron chi connectivity index (χ3n) is 5.10. The number of nitrogens with one attached hydrogen (secondary N) is 1. The summed E-state index contributed by atoms with van der Waals surface area (Å²) in [6.45, 7) is 3.29. The van der Waals surface area contributed by atoms with Crippen molar-refractivity contribution in [3.63, 3.8) is 0 Å². The number of aliphatic hydroxyl groups is 1. The first-order chi connectivity index (χ1) is 13.1. The van der Waals surface area contributed by atoms with Gasteiger partial charge in [0.2, 0.25) is 0 Å².